The maximum atomic E-state index is 12.0. The molecule has 23 heavy (non-hydrogen) atoms. The Bertz CT molecular complexity index is 521. The first-order valence-corrected chi connectivity index (χ1v) is 8.29. The zero-order valence-electron chi connectivity index (χ0n) is 15.3. The second-order valence-electron chi connectivity index (χ2n) is 7.46. The third kappa shape index (κ3) is 7.04. The molecule has 0 spiro atoms. The van der Waals surface area contributed by atoms with Crippen molar-refractivity contribution in [1.82, 2.24) is 5.32 Å². The number of hydrogen-bond donors (Lipinski definition) is 2. The molecule has 0 saturated heterocycles. The van der Waals surface area contributed by atoms with Crippen LogP contribution in [0.25, 0.3) is 0 Å². The molecule has 1 amide bonds. The minimum atomic E-state index is -0.375. The number of benzene rings is 1. The van der Waals surface area contributed by atoms with Crippen LogP contribution in [0.2, 0.25) is 0 Å². The summed E-state index contributed by atoms with van der Waals surface area (Å²) in [6, 6.07) is 6.12. The summed E-state index contributed by atoms with van der Waals surface area (Å²) in [5, 5.41) is 12.3. The van der Waals surface area contributed by atoms with Gasteiger partial charge in [-0.15, -0.1) is 0 Å². The van der Waals surface area contributed by atoms with Crippen LogP contribution in [0.15, 0.2) is 18.2 Å². The van der Waals surface area contributed by atoms with Crippen LogP contribution < -0.4 is 10.1 Å². The van der Waals surface area contributed by atoms with Gasteiger partial charge >= 0.3 is 0 Å². The summed E-state index contributed by atoms with van der Waals surface area (Å²) in [4.78, 5) is 12.0. The zero-order chi connectivity index (χ0) is 17.6. The van der Waals surface area contributed by atoms with Crippen LogP contribution in [0.3, 0.4) is 0 Å². The molecule has 0 aliphatic carbocycles. The van der Waals surface area contributed by atoms with Gasteiger partial charge in [-0.05, 0) is 48.8 Å². The molecule has 0 heterocycles. The summed E-state index contributed by atoms with van der Waals surface area (Å²) >= 11 is 0. The van der Waals surface area contributed by atoms with Gasteiger partial charge < -0.3 is 15.2 Å². The molecule has 1 aromatic rings. The van der Waals surface area contributed by atoms with Crippen molar-refractivity contribution in [3.05, 3.63) is 29.3 Å². The van der Waals surface area contributed by atoms with Crippen molar-refractivity contribution in [3.8, 4) is 5.75 Å². The topological polar surface area (TPSA) is 58.6 Å². The van der Waals surface area contributed by atoms with Crippen molar-refractivity contribution in [2.24, 2.45) is 5.41 Å². The maximum absolute atomic E-state index is 12.0. The number of nitrogens with one attached hydrogen (secondary N) is 1. The van der Waals surface area contributed by atoms with Crippen LogP contribution in [0.4, 0.5) is 0 Å². The van der Waals surface area contributed by atoms with Crippen LogP contribution in [-0.2, 0) is 4.79 Å². The Labute approximate surface area is 140 Å². The molecule has 1 rings (SSSR count). The molecule has 0 saturated carbocycles. The van der Waals surface area contributed by atoms with Gasteiger partial charge in [0.25, 0.3) is 5.91 Å². The molecule has 4 heteroatoms. The van der Waals surface area contributed by atoms with Gasteiger partial charge in [-0.25, -0.2) is 0 Å². The van der Waals surface area contributed by atoms with E-state index in [1.54, 1.807) is 6.92 Å². The minimum Gasteiger partial charge on any atom is -0.483 e. The third-order valence-electron chi connectivity index (χ3n) is 3.85. The Balaban J connectivity index is 2.52. The molecule has 1 atom stereocenters. The number of amides is 1. The highest BCUT2D eigenvalue weighted by Gasteiger charge is 2.21. The molecule has 0 aromatic heterocycles. The first kappa shape index (κ1) is 19.5. The number of aliphatic hydroxyl groups is 1. The molecular formula is C19H31NO3. The number of aryl methyl sites for hydroxylation is 1. The van der Waals surface area contributed by atoms with Crippen LogP contribution in [0.5, 0.6) is 5.75 Å². The molecule has 0 bridgehead atoms. The van der Waals surface area contributed by atoms with Crippen molar-refractivity contribution >= 4 is 5.91 Å². The van der Waals surface area contributed by atoms with Gasteiger partial charge in [0.1, 0.15) is 5.75 Å². The SMILES string of the molecule is Cc1ccc(C(C)C)cc1OCC(=O)NCC(C)(C)CC(C)O. The zero-order valence-corrected chi connectivity index (χ0v) is 15.3. The normalized spacial score (nSPS) is 13.0. The van der Waals surface area contributed by atoms with E-state index in [0.29, 0.717) is 18.9 Å². The molecule has 130 valence electrons. The molecule has 0 radical (unpaired) electrons. The monoisotopic (exact) mass is 321 g/mol. The van der Waals surface area contributed by atoms with Crippen molar-refractivity contribution in [1.29, 1.82) is 0 Å². The molecular weight excluding hydrogens is 290 g/mol. The van der Waals surface area contributed by atoms with Crippen molar-refractivity contribution in [2.75, 3.05) is 13.2 Å². The highest BCUT2D eigenvalue weighted by atomic mass is 16.5. The molecule has 1 unspecified atom stereocenters. The maximum Gasteiger partial charge on any atom is 0.257 e. The quantitative estimate of drug-likeness (QED) is 0.771. The number of rotatable bonds is 8. The lowest BCUT2D eigenvalue weighted by Gasteiger charge is -2.26. The van der Waals surface area contributed by atoms with Crippen molar-refractivity contribution in [3.63, 3.8) is 0 Å². The van der Waals surface area contributed by atoms with Gasteiger partial charge in [0.15, 0.2) is 6.61 Å². The van der Waals surface area contributed by atoms with E-state index in [4.69, 9.17) is 4.74 Å². The Morgan fingerprint density at radius 1 is 1.30 bits per heavy atom. The van der Waals surface area contributed by atoms with Gasteiger partial charge in [-0.2, -0.15) is 0 Å². The van der Waals surface area contributed by atoms with Gasteiger partial charge in [0.05, 0.1) is 6.10 Å². The van der Waals surface area contributed by atoms with Crippen LogP contribution in [0.1, 0.15) is 58.1 Å². The lowest BCUT2D eigenvalue weighted by molar-refractivity contribution is -0.123. The summed E-state index contributed by atoms with van der Waals surface area (Å²) in [7, 11) is 0. The predicted octanol–water partition coefficient (Wildman–Crippen LogP) is 3.41. The summed E-state index contributed by atoms with van der Waals surface area (Å²) < 4.78 is 5.67. The van der Waals surface area contributed by atoms with Crippen molar-refractivity contribution in [2.45, 2.75) is 60.0 Å². The Kier molecular flexibility index (Phi) is 7.07. The van der Waals surface area contributed by atoms with Crippen LogP contribution in [-0.4, -0.2) is 30.3 Å². The van der Waals surface area contributed by atoms with E-state index in [1.807, 2.05) is 32.9 Å². The highest BCUT2D eigenvalue weighted by molar-refractivity contribution is 5.77. The van der Waals surface area contributed by atoms with E-state index < -0.39 is 0 Å². The number of hydrogen-bond acceptors (Lipinski definition) is 3. The van der Waals surface area contributed by atoms with Crippen LogP contribution in [0, 0.1) is 12.3 Å². The first-order valence-electron chi connectivity index (χ1n) is 8.29. The van der Waals surface area contributed by atoms with E-state index in [1.165, 1.54) is 5.56 Å². The lowest BCUT2D eigenvalue weighted by atomic mass is 9.87. The summed E-state index contributed by atoms with van der Waals surface area (Å²) in [6.07, 6.45) is 0.267. The van der Waals surface area contributed by atoms with E-state index in [0.717, 1.165) is 11.3 Å². The Hall–Kier alpha value is -1.55. The van der Waals surface area contributed by atoms with Gasteiger partial charge in [-0.1, -0.05) is 39.8 Å². The van der Waals surface area contributed by atoms with E-state index >= 15 is 0 Å². The number of ether oxygens (including phenoxy) is 1. The van der Waals surface area contributed by atoms with Gasteiger partial charge in [0, 0.05) is 6.54 Å². The Morgan fingerprint density at radius 3 is 2.52 bits per heavy atom. The average molecular weight is 321 g/mol. The summed E-state index contributed by atoms with van der Waals surface area (Å²) in [6.45, 7) is 12.6. The second-order valence-corrected chi connectivity index (χ2v) is 7.46. The smallest absolute Gasteiger partial charge is 0.257 e. The van der Waals surface area contributed by atoms with Gasteiger partial charge in [0.2, 0.25) is 0 Å². The van der Waals surface area contributed by atoms with E-state index in [-0.39, 0.29) is 24.0 Å². The highest BCUT2D eigenvalue weighted by Crippen LogP contribution is 2.24. The fourth-order valence-electron chi connectivity index (χ4n) is 2.54. The van der Waals surface area contributed by atoms with Crippen LogP contribution >= 0.6 is 0 Å². The second kappa shape index (κ2) is 8.34. The van der Waals surface area contributed by atoms with Crippen molar-refractivity contribution < 1.29 is 14.6 Å². The predicted molar refractivity (Wildman–Crippen MR) is 93.9 cm³/mol. The molecule has 0 aliphatic heterocycles. The number of aliphatic hydroxyl groups excluding tert-OH is 1. The Morgan fingerprint density at radius 2 is 1.96 bits per heavy atom. The largest absolute Gasteiger partial charge is 0.483 e. The molecule has 0 fully saturated rings. The lowest BCUT2D eigenvalue weighted by Crippen LogP contribution is -2.38. The number of carbonyl (C=O) groups excluding carboxylic acids is 1. The van der Waals surface area contributed by atoms with Gasteiger partial charge in [-0.3, -0.25) is 4.79 Å². The average Bonchev–Trinajstić information content (AvgIpc) is 2.42. The third-order valence-corrected chi connectivity index (χ3v) is 3.85. The molecule has 4 nitrogen and oxygen atoms in total. The first-order chi connectivity index (χ1) is 10.6. The molecule has 0 aliphatic rings. The number of carbonyl (C=O) groups is 1. The van der Waals surface area contributed by atoms with E-state index in [2.05, 4.69) is 25.2 Å². The molecule has 1 aromatic carbocycles. The summed E-state index contributed by atoms with van der Waals surface area (Å²) in [5.41, 5.74) is 2.08. The molecule has 2 N–H and O–H groups in total. The minimum absolute atomic E-state index is 0.00709. The fourth-order valence-corrected chi connectivity index (χ4v) is 2.54. The summed E-state index contributed by atoms with van der Waals surface area (Å²) in [5.74, 6) is 1.04. The standard InChI is InChI=1S/C19H31NO3/c1-13(2)16-8-7-14(3)17(9-16)23-11-18(22)20-12-19(5,6)10-15(4)21/h7-9,13,15,21H,10-12H2,1-6H3,(H,20,22). The van der Waals surface area contributed by atoms with E-state index in [9.17, 15) is 9.90 Å². The fraction of sp³-hybridized carbons (Fsp3) is 0.632.